The normalized spacial score (nSPS) is 13.1. The number of nitrogens with one attached hydrogen (secondary N) is 2. The number of ether oxygens (including phenoxy) is 1. The summed E-state index contributed by atoms with van der Waals surface area (Å²) in [5, 5.41) is 4.13. The number of thioether (sulfide) groups is 1. The highest BCUT2D eigenvalue weighted by molar-refractivity contribution is 7.99. The SMILES string of the molecule is CNC(COC)CSc1ncc[nH]1. The Morgan fingerprint density at radius 2 is 2.62 bits per heavy atom. The van der Waals surface area contributed by atoms with Crippen LogP contribution in [0.2, 0.25) is 0 Å². The van der Waals surface area contributed by atoms with Crippen molar-refractivity contribution < 1.29 is 4.74 Å². The molecular formula is C8H15N3OS. The van der Waals surface area contributed by atoms with E-state index in [-0.39, 0.29) is 0 Å². The van der Waals surface area contributed by atoms with Crippen LogP contribution in [0.5, 0.6) is 0 Å². The number of imidazole rings is 1. The van der Waals surface area contributed by atoms with Gasteiger partial charge in [0.05, 0.1) is 6.61 Å². The highest BCUT2D eigenvalue weighted by atomic mass is 32.2. The van der Waals surface area contributed by atoms with Crippen molar-refractivity contribution in [1.82, 2.24) is 15.3 Å². The fraction of sp³-hybridized carbons (Fsp3) is 0.625. The van der Waals surface area contributed by atoms with Crippen LogP contribution in [-0.4, -0.2) is 42.5 Å². The Hall–Kier alpha value is -0.520. The van der Waals surface area contributed by atoms with E-state index in [9.17, 15) is 0 Å². The number of hydrogen-bond donors (Lipinski definition) is 2. The van der Waals surface area contributed by atoms with Gasteiger partial charge in [-0.3, -0.25) is 0 Å². The van der Waals surface area contributed by atoms with Crippen molar-refractivity contribution in [2.75, 3.05) is 26.5 Å². The van der Waals surface area contributed by atoms with Crippen molar-refractivity contribution in [3.8, 4) is 0 Å². The number of nitrogens with zero attached hydrogens (tertiary/aromatic N) is 1. The minimum Gasteiger partial charge on any atom is -0.383 e. The van der Waals surface area contributed by atoms with Gasteiger partial charge in [0.15, 0.2) is 5.16 Å². The molecule has 0 radical (unpaired) electrons. The van der Waals surface area contributed by atoms with Gasteiger partial charge >= 0.3 is 0 Å². The van der Waals surface area contributed by atoms with Crippen molar-refractivity contribution in [3.05, 3.63) is 12.4 Å². The lowest BCUT2D eigenvalue weighted by molar-refractivity contribution is 0.177. The molecule has 13 heavy (non-hydrogen) atoms. The molecule has 0 spiro atoms. The van der Waals surface area contributed by atoms with Gasteiger partial charge in [-0.15, -0.1) is 0 Å². The summed E-state index contributed by atoms with van der Waals surface area (Å²) in [6.45, 7) is 0.726. The largest absolute Gasteiger partial charge is 0.383 e. The molecule has 1 heterocycles. The zero-order chi connectivity index (χ0) is 9.52. The van der Waals surface area contributed by atoms with E-state index in [1.165, 1.54) is 0 Å². The predicted octanol–water partition coefficient (Wildman–Crippen LogP) is 0.736. The second-order valence-corrected chi connectivity index (χ2v) is 3.65. The van der Waals surface area contributed by atoms with E-state index in [1.54, 1.807) is 25.1 Å². The molecule has 0 aromatic carbocycles. The second-order valence-electron chi connectivity index (χ2n) is 2.65. The molecule has 0 saturated carbocycles. The minimum atomic E-state index is 0.375. The van der Waals surface area contributed by atoms with E-state index in [0.29, 0.717) is 6.04 Å². The molecule has 74 valence electrons. The molecule has 4 nitrogen and oxygen atoms in total. The van der Waals surface area contributed by atoms with Gasteiger partial charge in [-0.1, -0.05) is 11.8 Å². The quantitative estimate of drug-likeness (QED) is 0.666. The summed E-state index contributed by atoms with van der Waals surface area (Å²) in [6.07, 6.45) is 3.58. The fourth-order valence-electron chi connectivity index (χ4n) is 0.925. The summed E-state index contributed by atoms with van der Waals surface area (Å²) in [7, 11) is 3.65. The van der Waals surface area contributed by atoms with Crippen LogP contribution in [0, 0.1) is 0 Å². The maximum atomic E-state index is 5.06. The maximum absolute atomic E-state index is 5.06. The molecule has 0 bridgehead atoms. The number of methoxy groups -OCH3 is 1. The lowest BCUT2D eigenvalue weighted by Crippen LogP contribution is -2.32. The second kappa shape index (κ2) is 6.01. The Balaban J connectivity index is 2.23. The lowest BCUT2D eigenvalue weighted by Gasteiger charge is -2.13. The zero-order valence-electron chi connectivity index (χ0n) is 7.91. The van der Waals surface area contributed by atoms with Crippen molar-refractivity contribution in [1.29, 1.82) is 0 Å². The average molecular weight is 201 g/mol. The first kappa shape index (κ1) is 10.6. The van der Waals surface area contributed by atoms with Crippen molar-refractivity contribution in [2.45, 2.75) is 11.2 Å². The standard InChI is InChI=1S/C8H15N3OS/c1-9-7(5-12-2)6-13-8-10-3-4-11-8/h3-4,7,9H,5-6H2,1-2H3,(H,10,11). The number of hydrogen-bond acceptors (Lipinski definition) is 4. The molecule has 1 unspecified atom stereocenters. The molecule has 2 N–H and O–H groups in total. The first-order valence-corrected chi connectivity index (χ1v) is 5.13. The monoisotopic (exact) mass is 201 g/mol. The van der Waals surface area contributed by atoms with E-state index < -0.39 is 0 Å². The lowest BCUT2D eigenvalue weighted by atomic mass is 10.4. The van der Waals surface area contributed by atoms with Gasteiger partial charge in [0.2, 0.25) is 0 Å². The zero-order valence-corrected chi connectivity index (χ0v) is 8.73. The van der Waals surface area contributed by atoms with Crippen LogP contribution in [0.15, 0.2) is 17.6 Å². The summed E-state index contributed by atoms with van der Waals surface area (Å²) in [5.74, 6) is 0.956. The Labute approximate surface area is 82.5 Å². The van der Waals surface area contributed by atoms with Gasteiger partial charge in [-0.05, 0) is 7.05 Å². The van der Waals surface area contributed by atoms with Gasteiger partial charge in [0, 0.05) is 31.3 Å². The van der Waals surface area contributed by atoms with Crippen molar-refractivity contribution in [2.24, 2.45) is 0 Å². The van der Waals surface area contributed by atoms with Crippen LogP contribution in [-0.2, 0) is 4.74 Å². The third kappa shape index (κ3) is 3.80. The summed E-state index contributed by atoms with van der Waals surface area (Å²) in [4.78, 5) is 7.16. The molecule has 1 aromatic heterocycles. The third-order valence-electron chi connectivity index (χ3n) is 1.67. The first-order chi connectivity index (χ1) is 6.36. The average Bonchev–Trinajstić information content (AvgIpc) is 2.64. The van der Waals surface area contributed by atoms with Crippen molar-refractivity contribution >= 4 is 11.8 Å². The molecule has 1 rings (SSSR count). The van der Waals surface area contributed by atoms with Crippen LogP contribution in [0.25, 0.3) is 0 Å². The van der Waals surface area contributed by atoms with Crippen LogP contribution in [0.3, 0.4) is 0 Å². The molecule has 0 aliphatic heterocycles. The van der Waals surface area contributed by atoms with Crippen LogP contribution in [0.4, 0.5) is 0 Å². The molecule has 0 fully saturated rings. The molecule has 1 atom stereocenters. The molecule has 0 saturated heterocycles. The first-order valence-electron chi connectivity index (χ1n) is 4.15. The Kier molecular flexibility index (Phi) is 4.88. The van der Waals surface area contributed by atoms with E-state index in [2.05, 4.69) is 15.3 Å². The Morgan fingerprint density at radius 3 is 3.15 bits per heavy atom. The number of aromatic nitrogens is 2. The number of likely N-dealkylation sites (N-methyl/N-ethyl adjacent to an activating group) is 1. The summed E-state index contributed by atoms with van der Waals surface area (Å²) >= 11 is 1.69. The van der Waals surface area contributed by atoms with E-state index in [4.69, 9.17) is 4.74 Å². The summed E-state index contributed by atoms with van der Waals surface area (Å²) < 4.78 is 5.06. The maximum Gasteiger partial charge on any atom is 0.165 e. The number of H-pyrrole nitrogens is 1. The molecule has 5 heteroatoms. The third-order valence-corrected chi connectivity index (χ3v) is 2.74. The molecule has 0 amide bonds. The summed E-state index contributed by atoms with van der Waals surface area (Å²) in [6, 6.07) is 0.375. The predicted molar refractivity (Wildman–Crippen MR) is 54.0 cm³/mol. The molecular weight excluding hydrogens is 186 g/mol. The fourth-order valence-corrected chi connectivity index (χ4v) is 1.83. The van der Waals surface area contributed by atoms with Gasteiger partial charge in [-0.25, -0.2) is 4.98 Å². The Bertz CT molecular complexity index is 215. The van der Waals surface area contributed by atoms with E-state index in [0.717, 1.165) is 17.5 Å². The molecule has 0 aliphatic rings. The smallest absolute Gasteiger partial charge is 0.165 e. The van der Waals surface area contributed by atoms with Crippen molar-refractivity contribution in [3.63, 3.8) is 0 Å². The minimum absolute atomic E-state index is 0.375. The number of aromatic amines is 1. The summed E-state index contributed by atoms with van der Waals surface area (Å²) in [5.41, 5.74) is 0. The van der Waals surface area contributed by atoms with Crippen LogP contribution < -0.4 is 5.32 Å². The van der Waals surface area contributed by atoms with Crippen LogP contribution in [0.1, 0.15) is 0 Å². The highest BCUT2D eigenvalue weighted by Crippen LogP contribution is 2.12. The molecule has 1 aromatic rings. The van der Waals surface area contributed by atoms with Crippen LogP contribution >= 0.6 is 11.8 Å². The molecule has 0 aliphatic carbocycles. The number of rotatable bonds is 6. The van der Waals surface area contributed by atoms with E-state index >= 15 is 0 Å². The Morgan fingerprint density at radius 1 is 1.77 bits per heavy atom. The van der Waals surface area contributed by atoms with Gasteiger partial charge in [-0.2, -0.15) is 0 Å². The van der Waals surface area contributed by atoms with Gasteiger partial charge < -0.3 is 15.0 Å². The van der Waals surface area contributed by atoms with Gasteiger partial charge in [0.1, 0.15) is 0 Å². The van der Waals surface area contributed by atoms with E-state index in [1.807, 2.05) is 13.2 Å². The van der Waals surface area contributed by atoms with Gasteiger partial charge in [0.25, 0.3) is 0 Å². The topological polar surface area (TPSA) is 49.9 Å². The highest BCUT2D eigenvalue weighted by Gasteiger charge is 2.06.